The van der Waals surface area contributed by atoms with E-state index in [2.05, 4.69) is 72.9 Å². The Bertz CT molecular complexity index is 1110. The van der Waals surface area contributed by atoms with Crippen molar-refractivity contribution < 1.29 is 4.39 Å². The third-order valence-electron chi connectivity index (χ3n) is 7.78. The molecule has 1 nitrogen and oxygen atoms in total. The van der Waals surface area contributed by atoms with Gasteiger partial charge in [0.1, 0.15) is 5.82 Å². The zero-order valence-electron chi connectivity index (χ0n) is 25.6. The fourth-order valence-electron chi connectivity index (χ4n) is 4.60. The van der Waals surface area contributed by atoms with Gasteiger partial charge in [-0.15, -0.1) is 12.6 Å². The van der Waals surface area contributed by atoms with Crippen molar-refractivity contribution in [2.24, 2.45) is 5.92 Å². The van der Waals surface area contributed by atoms with E-state index in [-0.39, 0.29) is 11.7 Å². The first kappa shape index (κ1) is 33.8. The highest BCUT2D eigenvalue weighted by Gasteiger charge is 2.20. The Morgan fingerprint density at radius 1 is 1.05 bits per heavy atom. The molecular weight excluding hydrogens is 485 g/mol. The third kappa shape index (κ3) is 9.19. The quantitative estimate of drug-likeness (QED) is 0.209. The van der Waals surface area contributed by atoms with Gasteiger partial charge in [-0.3, -0.25) is 0 Å². The molecule has 3 heteroatoms. The van der Waals surface area contributed by atoms with Crippen LogP contribution in [0, 0.1) is 32.5 Å². The van der Waals surface area contributed by atoms with E-state index in [0.29, 0.717) is 5.56 Å². The van der Waals surface area contributed by atoms with Crippen molar-refractivity contribution in [3.63, 3.8) is 0 Å². The van der Waals surface area contributed by atoms with Gasteiger partial charge >= 0.3 is 0 Å². The van der Waals surface area contributed by atoms with Crippen LogP contribution in [0.3, 0.4) is 0 Å². The van der Waals surface area contributed by atoms with Crippen molar-refractivity contribution in [3.8, 4) is 0 Å². The molecule has 0 amide bonds. The Morgan fingerprint density at radius 2 is 1.66 bits per heavy atom. The van der Waals surface area contributed by atoms with Crippen LogP contribution >= 0.6 is 12.6 Å². The van der Waals surface area contributed by atoms with E-state index in [1.165, 1.54) is 34.2 Å². The maximum atomic E-state index is 15.4. The van der Waals surface area contributed by atoms with Crippen LogP contribution in [0.25, 0.3) is 4.91 Å². The standard InChI is InChI=1S/C28H35FS.C5H11N.C2H6/c1-17-14-20(4)24(15-18(17)2)16-19(3)21(5)22(6)28(30)26-13-12-23-10-8-7-9-11-25(23)27(26)29;1-4-6(3)5-2;1-2/h12-15,21,30H,3,7-11,16H2,1-2,4-6H3;4H,1,5H2,2-3H3;1-2H3/b28-22-;;. The van der Waals surface area contributed by atoms with Gasteiger partial charge in [0.15, 0.2) is 0 Å². The lowest BCUT2D eigenvalue weighted by Crippen LogP contribution is -2.07. The Hall–Kier alpha value is -2.26. The average molecular weight is 538 g/mol. The van der Waals surface area contributed by atoms with Gasteiger partial charge < -0.3 is 4.90 Å². The highest BCUT2D eigenvalue weighted by molar-refractivity contribution is 7.90. The molecule has 3 rings (SSSR count). The van der Waals surface area contributed by atoms with Crippen LogP contribution in [0.4, 0.5) is 4.39 Å². The van der Waals surface area contributed by atoms with Crippen LogP contribution in [0.2, 0.25) is 0 Å². The fourth-order valence-corrected chi connectivity index (χ4v) is 4.97. The molecule has 0 bridgehead atoms. The number of aryl methyl sites for hydroxylation is 4. The van der Waals surface area contributed by atoms with Crippen molar-refractivity contribution in [1.29, 1.82) is 0 Å². The summed E-state index contributed by atoms with van der Waals surface area (Å²) in [6.45, 7) is 25.8. The number of nitrogens with zero attached hydrogens (tertiary/aromatic N) is 1. The van der Waals surface area contributed by atoms with Crippen molar-refractivity contribution in [1.82, 2.24) is 4.90 Å². The summed E-state index contributed by atoms with van der Waals surface area (Å²) < 4.78 is 15.4. The van der Waals surface area contributed by atoms with Gasteiger partial charge in [-0.2, -0.15) is 0 Å². The van der Waals surface area contributed by atoms with Crippen LogP contribution in [-0.2, 0) is 19.3 Å². The topological polar surface area (TPSA) is 3.24 Å². The molecule has 0 radical (unpaired) electrons. The van der Waals surface area contributed by atoms with Crippen LogP contribution in [0.1, 0.15) is 92.8 Å². The first-order valence-corrected chi connectivity index (χ1v) is 14.7. The minimum absolute atomic E-state index is 0.0680. The molecule has 0 aromatic heterocycles. The number of allylic oxidation sites excluding steroid dienone is 2. The van der Waals surface area contributed by atoms with E-state index >= 15 is 4.39 Å². The molecule has 0 heterocycles. The molecule has 0 saturated heterocycles. The lowest BCUT2D eigenvalue weighted by molar-refractivity contribution is 0.486. The number of halogens is 1. The monoisotopic (exact) mass is 537 g/mol. The predicted molar refractivity (Wildman–Crippen MR) is 172 cm³/mol. The Morgan fingerprint density at radius 3 is 2.24 bits per heavy atom. The number of benzene rings is 2. The molecule has 1 unspecified atom stereocenters. The van der Waals surface area contributed by atoms with Crippen molar-refractivity contribution in [3.05, 3.63) is 99.5 Å². The van der Waals surface area contributed by atoms with E-state index in [1.807, 2.05) is 31.9 Å². The minimum atomic E-state index is -0.0680. The molecule has 210 valence electrons. The third-order valence-corrected chi connectivity index (χ3v) is 8.38. The van der Waals surface area contributed by atoms with Gasteiger partial charge in [0.25, 0.3) is 0 Å². The summed E-state index contributed by atoms with van der Waals surface area (Å²) >= 11 is 4.79. The van der Waals surface area contributed by atoms with Crippen LogP contribution in [-0.4, -0.2) is 18.5 Å². The van der Waals surface area contributed by atoms with Gasteiger partial charge in [-0.1, -0.05) is 75.8 Å². The fraction of sp³-hybridized carbons (Fsp3) is 0.486. The van der Waals surface area contributed by atoms with Crippen molar-refractivity contribution in [2.45, 2.75) is 93.9 Å². The largest absolute Gasteiger partial charge is 0.381 e. The molecular formula is C35H52FNS. The summed E-state index contributed by atoms with van der Waals surface area (Å²) in [5.74, 6) is 0.0679. The SMILES string of the molecule is C=C(Cc1cc(C)c(C)cc1C)C(C)/C(C)=C(\S)c1ccc2c(c1F)CCCCC2.C=CN(C)CC.CC. The highest BCUT2D eigenvalue weighted by atomic mass is 32.1. The molecule has 1 aliphatic carbocycles. The molecule has 0 spiro atoms. The van der Waals surface area contributed by atoms with E-state index in [1.54, 1.807) is 6.20 Å². The summed E-state index contributed by atoms with van der Waals surface area (Å²) in [5.41, 5.74) is 10.2. The van der Waals surface area contributed by atoms with Crippen molar-refractivity contribution >= 4 is 17.5 Å². The number of rotatable bonds is 7. The average Bonchev–Trinajstić information content (AvgIpc) is 3.18. The van der Waals surface area contributed by atoms with Gasteiger partial charge in [0.2, 0.25) is 0 Å². The maximum absolute atomic E-state index is 15.4. The zero-order chi connectivity index (χ0) is 29.0. The van der Waals surface area contributed by atoms with Gasteiger partial charge in [-0.25, -0.2) is 4.39 Å². The van der Waals surface area contributed by atoms with Crippen LogP contribution in [0.15, 0.2) is 54.8 Å². The van der Waals surface area contributed by atoms with Crippen LogP contribution < -0.4 is 0 Å². The van der Waals surface area contributed by atoms with E-state index in [9.17, 15) is 0 Å². The summed E-state index contributed by atoms with van der Waals surface area (Å²) in [5, 5.41) is 0. The molecule has 0 aliphatic heterocycles. The lowest BCUT2D eigenvalue weighted by atomic mass is 9.87. The molecule has 1 atom stereocenters. The van der Waals surface area contributed by atoms with Crippen molar-refractivity contribution in [2.75, 3.05) is 13.6 Å². The minimum Gasteiger partial charge on any atom is -0.381 e. The normalized spacial score (nSPS) is 13.9. The maximum Gasteiger partial charge on any atom is 0.134 e. The van der Waals surface area contributed by atoms with Gasteiger partial charge in [0.05, 0.1) is 0 Å². The number of thiol groups is 1. The van der Waals surface area contributed by atoms with E-state index in [0.717, 1.165) is 60.3 Å². The predicted octanol–water partition coefficient (Wildman–Crippen LogP) is 10.2. The second kappa shape index (κ2) is 16.6. The number of hydrogen-bond acceptors (Lipinski definition) is 2. The molecule has 38 heavy (non-hydrogen) atoms. The molecule has 1 aliphatic rings. The molecule has 0 N–H and O–H groups in total. The van der Waals surface area contributed by atoms with Gasteiger partial charge in [0, 0.05) is 24.1 Å². The second-order valence-electron chi connectivity index (χ2n) is 10.3. The van der Waals surface area contributed by atoms with Crippen LogP contribution in [0.5, 0.6) is 0 Å². The Labute approximate surface area is 239 Å². The Balaban J connectivity index is 0.000000795. The van der Waals surface area contributed by atoms with Gasteiger partial charge in [-0.05, 0) is 112 Å². The summed E-state index contributed by atoms with van der Waals surface area (Å²) in [6.07, 6.45) is 7.87. The zero-order valence-corrected chi connectivity index (χ0v) is 26.5. The molecule has 0 saturated carbocycles. The number of fused-ring (bicyclic) bond motifs is 1. The molecule has 0 fully saturated rings. The first-order valence-electron chi connectivity index (χ1n) is 14.3. The Kier molecular flexibility index (Phi) is 14.8. The summed E-state index contributed by atoms with van der Waals surface area (Å²) in [4.78, 5) is 2.77. The van der Waals surface area contributed by atoms with E-state index in [4.69, 9.17) is 12.6 Å². The van der Waals surface area contributed by atoms with E-state index < -0.39 is 0 Å². The summed E-state index contributed by atoms with van der Waals surface area (Å²) in [6, 6.07) is 8.56. The molecule has 2 aromatic carbocycles. The second-order valence-corrected chi connectivity index (χ2v) is 10.8. The summed E-state index contributed by atoms with van der Waals surface area (Å²) in [7, 11) is 1.99. The number of hydrogen-bond donors (Lipinski definition) is 1. The molecule has 2 aromatic rings. The smallest absolute Gasteiger partial charge is 0.134 e. The first-order chi connectivity index (χ1) is 18.0. The highest BCUT2D eigenvalue weighted by Crippen LogP contribution is 2.35. The lowest BCUT2D eigenvalue weighted by Gasteiger charge is -2.21.